The zero-order valence-corrected chi connectivity index (χ0v) is 14.1. The lowest BCUT2D eigenvalue weighted by atomic mass is 9.92. The molecule has 1 atom stereocenters. The quantitative estimate of drug-likeness (QED) is 0.796. The minimum atomic E-state index is -0.198. The van der Waals surface area contributed by atoms with Gasteiger partial charge in [-0.2, -0.15) is 0 Å². The molecule has 0 spiro atoms. The van der Waals surface area contributed by atoms with Gasteiger partial charge in [0.25, 0.3) is 5.91 Å². The summed E-state index contributed by atoms with van der Waals surface area (Å²) < 4.78 is 1.94. The Hall–Kier alpha value is -2.57. The number of aryl methyl sites for hydroxylation is 1. The van der Waals surface area contributed by atoms with Crippen molar-refractivity contribution in [3.63, 3.8) is 0 Å². The second-order valence-electron chi connectivity index (χ2n) is 6.72. The third-order valence-electron chi connectivity index (χ3n) is 5.05. The molecule has 1 amide bonds. The molecule has 7 heteroatoms. The van der Waals surface area contributed by atoms with E-state index < -0.39 is 0 Å². The van der Waals surface area contributed by atoms with E-state index in [-0.39, 0.29) is 17.6 Å². The van der Waals surface area contributed by atoms with Crippen molar-refractivity contribution < 1.29 is 9.59 Å². The van der Waals surface area contributed by atoms with Crippen LogP contribution < -0.4 is 0 Å². The molecule has 0 unspecified atom stereocenters. The van der Waals surface area contributed by atoms with Crippen molar-refractivity contribution in [2.24, 2.45) is 5.92 Å². The molecule has 1 saturated heterocycles. The van der Waals surface area contributed by atoms with Gasteiger partial charge in [0.1, 0.15) is 11.5 Å². The van der Waals surface area contributed by atoms with E-state index in [9.17, 15) is 9.59 Å². The van der Waals surface area contributed by atoms with Crippen molar-refractivity contribution >= 4 is 11.7 Å². The number of nitrogens with zero attached hydrogens (tertiary/aromatic N) is 5. The molecule has 0 saturated carbocycles. The van der Waals surface area contributed by atoms with Crippen LogP contribution in [0.3, 0.4) is 0 Å². The SMILES string of the molecule is O=C(c1ccccn1)[C@H]1CCCN(C(=O)c2nnc3n2CCCC3)C1. The predicted octanol–water partition coefficient (Wildman–Crippen LogP) is 1.74. The lowest BCUT2D eigenvalue weighted by Gasteiger charge is -2.31. The molecular weight excluding hydrogens is 318 g/mol. The van der Waals surface area contributed by atoms with Crippen LogP contribution in [0.25, 0.3) is 0 Å². The lowest BCUT2D eigenvalue weighted by molar-refractivity contribution is 0.0620. The maximum Gasteiger partial charge on any atom is 0.291 e. The first kappa shape index (κ1) is 15.9. The molecule has 4 heterocycles. The van der Waals surface area contributed by atoms with Crippen molar-refractivity contribution in [3.05, 3.63) is 41.7 Å². The van der Waals surface area contributed by atoms with Gasteiger partial charge in [0, 0.05) is 38.2 Å². The highest BCUT2D eigenvalue weighted by molar-refractivity contribution is 5.97. The zero-order chi connectivity index (χ0) is 17.2. The van der Waals surface area contributed by atoms with Crippen LogP contribution in [0.2, 0.25) is 0 Å². The van der Waals surface area contributed by atoms with E-state index >= 15 is 0 Å². The number of hydrogen-bond acceptors (Lipinski definition) is 5. The van der Waals surface area contributed by atoms with Crippen LogP contribution >= 0.6 is 0 Å². The van der Waals surface area contributed by atoms with Crippen LogP contribution in [0.1, 0.15) is 52.6 Å². The number of rotatable bonds is 3. The molecule has 2 aliphatic heterocycles. The fraction of sp³-hybridized carbons (Fsp3) is 0.500. The number of likely N-dealkylation sites (tertiary alicyclic amines) is 1. The van der Waals surface area contributed by atoms with Crippen LogP contribution in [0.5, 0.6) is 0 Å². The highest BCUT2D eigenvalue weighted by atomic mass is 16.2. The molecule has 0 radical (unpaired) electrons. The van der Waals surface area contributed by atoms with Crippen LogP contribution in [-0.4, -0.2) is 49.4 Å². The van der Waals surface area contributed by atoms with E-state index in [0.29, 0.717) is 24.6 Å². The van der Waals surface area contributed by atoms with Gasteiger partial charge in [0.15, 0.2) is 5.78 Å². The standard InChI is InChI=1S/C18H21N5O2/c24-16(14-7-1-3-9-19-14)13-6-5-10-22(12-13)18(25)17-21-20-15-8-2-4-11-23(15)17/h1,3,7,9,13H,2,4-6,8,10-12H2/t13-/m0/s1. The Morgan fingerprint density at radius 3 is 2.84 bits per heavy atom. The second-order valence-corrected chi connectivity index (χ2v) is 6.72. The third kappa shape index (κ3) is 3.06. The summed E-state index contributed by atoms with van der Waals surface area (Å²) in [6, 6.07) is 5.34. The number of hydrogen-bond donors (Lipinski definition) is 0. The van der Waals surface area contributed by atoms with Crippen molar-refractivity contribution in [2.45, 2.75) is 38.6 Å². The molecule has 0 aromatic carbocycles. The Kier molecular flexibility index (Phi) is 4.29. The lowest BCUT2D eigenvalue weighted by Crippen LogP contribution is -2.43. The zero-order valence-electron chi connectivity index (χ0n) is 14.1. The van der Waals surface area contributed by atoms with Gasteiger partial charge in [0.2, 0.25) is 5.82 Å². The van der Waals surface area contributed by atoms with Crippen molar-refractivity contribution in [3.8, 4) is 0 Å². The number of ketones is 1. The van der Waals surface area contributed by atoms with E-state index in [4.69, 9.17) is 0 Å². The molecule has 2 aromatic rings. The first-order valence-electron chi connectivity index (χ1n) is 8.90. The van der Waals surface area contributed by atoms with Crippen LogP contribution in [0.4, 0.5) is 0 Å². The number of Topliss-reactive ketones (excluding diaryl/α,β-unsaturated/α-hetero) is 1. The highest BCUT2D eigenvalue weighted by Gasteiger charge is 2.32. The van der Waals surface area contributed by atoms with Gasteiger partial charge < -0.3 is 9.47 Å². The van der Waals surface area contributed by atoms with Gasteiger partial charge in [-0.3, -0.25) is 14.6 Å². The monoisotopic (exact) mass is 339 g/mol. The predicted molar refractivity (Wildman–Crippen MR) is 90.2 cm³/mol. The van der Waals surface area contributed by atoms with Crippen molar-refractivity contribution in [2.75, 3.05) is 13.1 Å². The molecule has 4 rings (SSSR count). The Morgan fingerprint density at radius 1 is 1.08 bits per heavy atom. The minimum absolute atomic E-state index is 0.0152. The number of pyridine rings is 1. The van der Waals surface area contributed by atoms with Crippen LogP contribution in [-0.2, 0) is 13.0 Å². The number of aromatic nitrogens is 4. The summed E-state index contributed by atoms with van der Waals surface area (Å²) in [5.74, 6) is 1.02. The molecular formula is C18H21N5O2. The molecule has 0 aliphatic carbocycles. The molecule has 1 fully saturated rings. The summed E-state index contributed by atoms with van der Waals surface area (Å²) in [5.41, 5.74) is 0.474. The summed E-state index contributed by atoms with van der Waals surface area (Å²) in [6.07, 6.45) is 6.25. The largest absolute Gasteiger partial charge is 0.335 e. The van der Waals surface area contributed by atoms with Gasteiger partial charge >= 0.3 is 0 Å². The number of fused-ring (bicyclic) bond motifs is 1. The van der Waals surface area contributed by atoms with Gasteiger partial charge in [-0.15, -0.1) is 10.2 Å². The van der Waals surface area contributed by atoms with E-state index in [1.807, 2.05) is 10.6 Å². The summed E-state index contributed by atoms with van der Waals surface area (Å²) in [6.45, 7) is 1.89. The fourth-order valence-corrected chi connectivity index (χ4v) is 3.70. The average molecular weight is 339 g/mol. The average Bonchev–Trinajstić information content (AvgIpc) is 3.12. The molecule has 0 bridgehead atoms. The smallest absolute Gasteiger partial charge is 0.291 e. The second kappa shape index (κ2) is 6.74. The number of amides is 1. The van der Waals surface area contributed by atoms with Crippen LogP contribution in [0.15, 0.2) is 24.4 Å². The topological polar surface area (TPSA) is 81.0 Å². The van der Waals surface area contributed by atoms with E-state index in [0.717, 1.165) is 44.5 Å². The van der Waals surface area contributed by atoms with E-state index in [1.54, 1.807) is 23.2 Å². The van der Waals surface area contributed by atoms with Gasteiger partial charge in [-0.05, 0) is 37.8 Å². The summed E-state index contributed by atoms with van der Waals surface area (Å²) in [5, 5.41) is 8.29. The fourth-order valence-electron chi connectivity index (χ4n) is 3.70. The molecule has 2 aromatic heterocycles. The maximum absolute atomic E-state index is 12.9. The van der Waals surface area contributed by atoms with E-state index in [1.165, 1.54) is 0 Å². The minimum Gasteiger partial charge on any atom is -0.335 e. The Bertz CT molecular complexity index is 786. The third-order valence-corrected chi connectivity index (χ3v) is 5.05. The molecule has 2 aliphatic rings. The molecule has 0 N–H and O–H groups in total. The van der Waals surface area contributed by atoms with Crippen molar-refractivity contribution in [1.82, 2.24) is 24.6 Å². The Labute approximate surface area is 146 Å². The van der Waals surface area contributed by atoms with Crippen molar-refractivity contribution in [1.29, 1.82) is 0 Å². The van der Waals surface area contributed by atoms with Crippen LogP contribution in [0, 0.1) is 5.92 Å². The maximum atomic E-state index is 12.9. The number of piperidine rings is 1. The first-order valence-corrected chi connectivity index (χ1v) is 8.90. The highest BCUT2D eigenvalue weighted by Crippen LogP contribution is 2.22. The summed E-state index contributed by atoms with van der Waals surface area (Å²) >= 11 is 0. The van der Waals surface area contributed by atoms with Gasteiger partial charge in [-0.1, -0.05) is 6.07 Å². The first-order chi connectivity index (χ1) is 12.2. The summed E-state index contributed by atoms with van der Waals surface area (Å²) in [7, 11) is 0. The van der Waals surface area contributed by atoms with E-state index in [2.05, 4.69) is 15.2 Å². The molecule has 130 valence electrons. The number of carbonyl (C=O) groups is 2. The molecule has 25 heavy (non-hydrogen) atoms. The molecule has 7 nitrogen and oxygen atoms in total. The number of carbonyl (C=O) groups excluding carboxylic acids is 2. The van der Waals surface area contributed by atoms with Gasteiger partial charge in [-0.25, -0.2) is 0 Å². The van der Waals surface area contributed by atoms with Gasteiger partial charge in [0.05, 0.1) is 0 Å². The summed E-state index contributed by atoms with van der Waals surface area (Å²) in [4.78, 5) is 31.5. The normalized spacial score (nSPS) is 20.2. The Balaban J connectivity index is 1.50. The Morgan fingerprint density at radius 2 is 2.00 bits per heavy atom.